The standard InChI is InChI=1S/C22H18F3N5O2/c23-13-8-12-6-7-16(21(31)27-18(12)14(24)9-13)26-22(32)19-28-20-15(25)10-17(30(20)29-19)11-4-2-1-3-5-11/h1-5,8-9,15-17H,6-7,10H2,(H,26,32)(H,27,31)/t15-,16+,17-/m1/s1. The fourth-order valence-electron chi connectivity index (χ4n) is 4.19. The van der Waals surface area contributed by atoms with Crippen LogP contribution in [0, 0.1) is 11.6 Å². The van der Waals surface area contributed by atoms with Gasteiger partial charge in [-0.05, 0) is 30.0 Å². The zero-order valence-corrected chi connectivity index (χ0v) is 16.7. The predicted molar refractivity (Wildman–Crippen MR) is 108 cm³/mol. The molecule has 0 aliphatic carbocycles. The number of benzene rings is 2. The molecule has 0 spiro atoms. The molecule has 7 nitrogen and oxygen atoms in total. The van der Waals surface area contributed by atoms with E-state index in [4.69, 9.17) is 0 Å². The molecule has 3 heterocycles. The summed E-state index contributed by atoms with van der Waals surface area (Å²) in [5.74, 6) is -3.21. The van der Waals surface area contributed by atoms with Crippen molar-refractivity contribution in [1.82, 2.24) is 20.1 Å². The minimum atomic E-state index is -1.37. The second-order valence-electron chi connectivity index (χ2n) is 7.84. The van der Waals surface area contributed by atoms with Gasteiger partial charge in [0, 0.05) is 12.5 Å². The van der Waals surface area contributed by atoms with Crippen LogP contribution in [0.4, 0.5) is 18.9 Å². The average molecular weight is 441 g/mol. The molecular formula is C22H18F3N5O2. The van der Waals surface area contributed by atoms with Crippen LogP contribution in [0.15, 0.2) is 42.5 Å². The van der Waals surface area contributed by atoms with Crippen LogP contribution < -0.4 is 10.6 Å². The van der Waals surface area contributed by atoms with Crippen molar-refractivity contribution >= 4 is 17.5 Å². The van der Waals surface area contributed by atoms with Crippen LogP contribution in [0.1, 0.15) is 52.6 Å². The Morgan fingerprint density at radius 2 is 1.97 bits per heavy atom. The predicted octanol–water partition coefficient (Wildman–Crippen LogP) is 3.24. The number of aromatic nitrogens is 3. The lowest BCUT2D eigenvalue weighted by atomic mass is 10.0. The smallest absolute Gasteiger partial charge is 0.291 e. The average Bonchev–Trinajstić information content (AvgIpc) is 3.29. The number of fused-ring (bicyclic) bond motifs is 2. The quantitative estimate of drug-likeness (QED) is 0.653. The number of anilines is 1. The molecule has 0 saturated heterocycles. The van der Waals surface area contributed by atoms with E-state index < -0.39 is 35.7 Å². The van der Waals surface area contributed by atoms with Gasteiger partial charge in [0.2, 0.25) is 11.7 Å². The van der Waals surface area contributed by atoms with Gasteiger partial charge in [0.15, 0.2) is 12.0 Å². The topological polar surface area (TPSA) is 88.9 Å². The molecule has 2 aliphatic heterocycles. The molecule has 164 valence electrons. The Labute approximate surface area is 180 Å². The van der Waals surface area contributed by atoms with Crippen LogP contribution >= 0.6 is 0 Å². The van der Waals surface area contributed by atoms with Crippen molar-refractivity contribution in [2.75, 3.05) is 5.32 Å². The van der Waals surface area contributed by atoms with Crippen LogP contribution in [-0.4, -0.2) is 32.6 Å². The summed E-state index contributed by atoms with van der Waals surface area (Å²) in [6.45, 7) is 0. The zero-order valence-electron chi connectivity index (χ0n) is 16.7. The van der Waals surface area contributed by atoms with E-state index in [1.165, 1.54) is 4.68 Å². The van der Waals surface area contributed by atoms with Gasteiger partial charge in [-0.3, -0.25) is 9.59 Å². The van der Waals surface area contributed by atoms with Crippen LogP contribution in [-0.2, 0) is 11.2 Å². The molecule has 0 unspecified atom stereocenters. The summed E-state index contributed by atoms with van der Waals surface area (Å²) in [4.78, 5) is 29.3. The summed E-state index contributed by atoms with van der Waals surface area (Å²) in [5.41, 5.74) is 1.05. The van der Waals surface area contributed by atoms with Gasteiger partial charge in [-0.15, -0.1) is 5.10 Å². The number of aryl methyl sites for hydroxylation is 1. The highest BCUT2D eigenvalue weighted by Gasteiger charge is 2.37. The van der Waals surface area contributed by atoms with Gasteiger partial charge in [0.25, 0.3) is 5.91 Å². The van der Waals surface area contributed by atoms with Gasteiger partial charge in [0.05, 0.1) is 11.7 Å². The van der Waals surface area contributed by atoms with Crippen molar-refractivity contribution in [3.63, 3.8) is 0 Å². The molecule has 2 N–H and O–H groups in total. The number of carbonyl (C=O) groups excluding carboxylic acids is 2. The van der Waals surface area contributed by atoms with Gasteiger partial charge in [-0.25, -0.2) is 22.8 Å². The Morgan fingerprint density at radius 1 is 1.19 bits per heavy atom. The molecule has 2 aliphatic rings. The summed E-state index contributed by atoms with van der Waals surface area (Å²) in [7, 11) is 0. The van der Waals surface area contributed by atoms with Gasteiger partial charge in [0.1, 0.15) is 17.7 Å². The largest absolute Gasteiger partial charge is 0.337 e. The Kier molecular flexibility index (Phi) is 4.91. The first-order valence-corrected chi connectivity index (χ1v) is 10.2. The lowest BCUT2D eigenvalue weighted by Gasteiger charge is -2.14. The van der Waals surface area contributed by atoms with Crippen molar-refractivity contribution in [1.29, 1.82) is 0 Å². The Hall–Kier alpha value is -3.69. The maximum absolute atomic E-state index is 14.5. The highest BCUT2D eigenvalue weighted by molar-refractivity contribution is 6.00. The number of hydrogen-bond donors (Lipinski definition) is 2. The number of hydrogen-bond acceptors (Lipinski definition) is 4. The van der Waals surface area contributed by atoms with Crippen molar-refractivity contribution in [2.24, 2.45) is 0 Å². The third-order valence-corrected chi connectivity index (χ3v) is 5.76. The van der Waals surface area contributed by atoms with Gasteiger partial charge in [-0.1, -0.05) is 30.3 Å². The summed E-state index contributed by atoms with van der Waals surface area (Å²) in [5, 5.41) is 9.11. The fourth-order valence-corrected chi connectivity index (χ4v) is 4.19. The van der Waals surface area contributed by atoms with Crippen LogP contribution in [0.5, 0.6) is 0 Å². The minimum absolute atomic E-state index is 0.0549. The molecule has 2 amide bonds. The Balaban J connectivity index is 1.35. The molecular weight excluding hydrogens is 423 g/mol. The van der Waals surface area contributed by atoms with E-state index in [1.807, 2.05) is 30.3 Å². The molecule has 2 aromatic carbocycles. The second kappa shape index (κ2) is 7.77. The molecule has 3 aromatic rings. The summed E-state index contributed by atoms with van der Waals surface area (Å²) >= 11 is 0. The van der Waals surface area contributed by atoms with E-state index in [9.17, 15) is 22.8 Å². The highest BCUT2D eigenvalue weighted by atomic mass is 19.1. The number of nitrogens with one attached hydrogen (secondary N) is 2. The SMILES string of the molecule is O=C(N[C@H]1CCc2cc(F)cc(F)c2NC1=O)c1nc2n(n1)[C@@H](c1ccccc1)C[C@H]2F. The van der Waals surface area contributed by atoms with Gasteiger partial charge in [-0.2, -0.15) is 0 Å². The van der Waals surface area contributed by atoms with E-state index in [2.05, 4.69) is 20.7 Å². The molecule has 1 aromatic heterocycles. The van der Waals surface area contributed by atoms with Crippen LogP contribution in [0.25, 0.3) is 0 Å². The summed E-state index contributed by atoms with van der Waals surface area (Å²) in [6, 6.07) is 9.66. The number of carbonyl (C=O) groups is 2. The minimum Gasteiger partial charge on any atom is -0.337 e. The van der Waals surface area contributed by atoms with E-state index in [-0.39, 0.29) is 42.6 Å². The van der Waals surface area contributed by atoms with E-state index >= 15 is 0 Å². The first-order valence-electron chi connectivity index (χ1n) is 10.2. The van der Waals surface area contributed by atoms with Gasteiger partial charge < -0.3 is 10.6 Å². The molecule has 0 saturated carbocycles. The monoisotopic (exact) mass is 441 g/mol. The normalized spacial score (nSPS) is 22.0. The van der Waals surface area contributed by atoms with Crippen LogP contribution in [0.3, 0.4) is 0 Å². The summed E-state index contributed by atoms with van der Waals surface area (Å²) in [6.07, 6.45) is -0.905. The lowest BCUT2D eigenvalue weighted by molar-refractivity contribution is -0.118. The summed E-state index contributed by atoms with van der Waals surface area (Å²) < 4.78 is 43.5. The number of halogens is 3. The second-order valence-corrected chi connectivity index (χ2v) is 7.84. The first-order chi connectivity index (χ1) is 15.4. The Bertz CT molecular complexity index is 1210. The molecule has 5 rings (SSSR count). The number of alkyl halides is 1. The Morgan fingerprint density at radius 3 is 2.75 bits per heavy atom. The van der Waals surface area contributed by atoms with Crippen molar-refractivity contribution in [2.45, 2.75) is 37.5 Å². The number of nitrogens with zero attached hydrogens (tertiary/aromatic N) is 3. The van der Waals surface area contributed by atoms with E-state index in [0.29, 0.717) is 11.6 Å². The molecule has 32 heavy (non-hydrogen) atoms. The van der Waals surface area contributed by atoms with Gasteiger partial charge >= 0.3 is 0 Å². The molecule has 0 radical (unpaired) electrons. The van der Waals surface area contributed by atoms with Crippen molar-refractivity contribution in [3.05, 3.63) is 76.9 Å². The van der Waals surface area contributed by atoms with E-state index in [1.54, 1.807) is 0 Å². The van der Waals surface area contributed by atoms with Crippen LogP contribution in [0.2, 0.25) is 0 Å². The van der Waals surface area contributed by atoms with Crippen molar-refractivity contribution in [3.8, 4) is 0 Å². The maximum Gasteiger partial charge on any atom is 0.291 e. The maximum atomic E-state index is 14.5. The third kappa shape index (κ3) is 3.51. The zero-order chi connectivity index (χ0) is 22.4. The number of rotatable bonds is 3. The first kappa shape index (κ1) is 20.2. The molecule has 0 bridgehead atoms. The number of amides is 2. The highest BCUT2D eigenvalue weighted by Crippen LogP contribution is 2.39. The lowest BCUT2D eigenvalue weighted by Crippen LogP contribution is -2.43. The van der Waals surface area contributed by atoms with Crippen molar-refractivity contribution < 1.29 is 22.8 Å². The fraction of sp³-hybridized carbons (Fsp3) is 0.273. The van der Waals surface area contributed by atoms with E-state index in [0.717, 1.165) is 11.6 Å². The molecule has 3 atom stereocenters. The third-order valence-electron chi connectivity index (χ3n) is 5.76. The molecule has 0 fully saturated rings. The molecule has 10 heteroatoms.